The van der Waals surface area contributed by atoms with Gasteiger partial charge in [0.2, 0.25) is 0 Å². The van der Waals surface area contributed by atoms with Gasteiger partial charge >= 0.3 is 0 Å². The Hall–Kier alpha value is -2.84. The van der Waals surface area contributed by atoms with E-state index in [1.165, 1.54) is 17.1 Å². The Morgan fingerprint density at radius 2 is 1.76 bits per heavy atom. The number of hydrogen-bond donors (Lipinski definition) is 0. The summed E-state index contributed by atoms with van der Waals surface area (Å²) in [4.78, 5) is 23.1. The summed E-state index contributed by atoms with van der Waals surface area (Å²) < 4.78 is 0.338. The lowest BCUT2D eigenvalue weighted by Crippen LogP contribution is -2.22. The van der Waals surface area contributed by atoms with E-state index in [0.717, 1.165) is 17.3 Å². The van der Waals surface area contributed by atoms with Gasteiger partial charge in [-0.3, -0.25) is 14.9 Å². The molecule has 1 saturated heterocycles. The van der Waals surface area contributed by atoms with Crippen molar-refractivity contribution < 1.29 is 9.72 Å². The van der Waals surface area contributed by atoms with Crippen LogP contribution in [0.15, 0.2) is 64.6 Å². The molecule has 0 spiro atoms. The molecule has 2 aromatic carbocycles. The largest absolute Gasteiger partial charge is 0.286 e. The third-order valence-electron chi connectivity index (χ3n) is 3.30. The molecule has 0 unspecified atom stereocenters. The van der Waals surface area contributed by atoms with Crippen molar-refractivity contribution in [1.82, 2.24) is 5.01 Å². The smallest absolute Gasteiger partial charge is 0.266 e. The van der Waals surface area contributed by atoms with Gasteiger partial charge in [-0.25, -0.2) is 0 Å². The van der Waals surface area contributed by atoms with E-state index in [1.807, 2.05) is 30.3 Å². The molecule has 1 amide bonds. The molecular formula is C17H11N3O3S2. The van der Waals surface area contributed by atoms with Crippen LogP contribution < -0.4 is 0 Å². The summed E-state index contributed by atoms with van der Waals surface area (Å²) in [6.45, 7) is 0. The van der Waals surface area contributed by atoms with Gasteiger partial charge in [-0.1, -0.05) is 42.1 Å². The van der Waals surface area contributed by atoms with Crippen LogP contribution in [-0.2, 0) is 4.79 Å². The Kier molecular flexibility index (Phi) is 5.01. The summed E-state index contributed by atoms with van der Waals surface area (Å²) >= 11 is 6.35. The summed E-state index contributed by atoms with van der Waals surface area (Å²) in [5.74, 6) is -0.319. The molecule has 1 heterocycles. The number of hydrogen-bond acceptors (Lipinski definition) is 6. The summed E-state index contributed by atoms with van der Waals surface area (Å²) in [6, 6.07) is 15.3. The molecule has 25 heavy (non-hydrogen) atoms. The van der Waals surface area contributed by atoms with Crippen molar-refractivity contribution in [3.8, 4) is 0 Å². The third kappa shape index (κ3) is 3.98. The second-order valence-corrected chi connectivity index (χ2v) is 6.67. The van der Waals surface area contributed by atoms with Crippen molar-refractivity contribution in [3.63, 3.8) is 0 Å². The monoisotopic (exact) mass is 369 g/mol. The van der Waals surface area contributed by atoms with Gasteiger partial charge in [-0.2, -0.15) is 10.1 Å². The fourth-order valence-electron chi connectivity index (χ4n) is 2.07. The first-order chi connectivity index (χ1) is 12.0. The normalized spacial score (nSPS) is 16.2. The van der Waals surface area contributed by atoms with E-state index in [0.29, 0.717) is 14.8 Å². The van der Waals surface area contributed by atoms with Gasteiger partial charge in [-0.15, -0.1) is 0 Å². The van der Waals surface area contributed by atoms with Gasteiger partial charge < -0.3 is 0 Å². The molecule has 1 fully saturated rings. The van der Waals surface area contributed by atoms with Gasteiger partial charge in [0.05, 0.1) is 16.0 Å². The fourth-order valence-corrected chi connectivity index (χ4v) is 3.24. The molecule has 0 aliphatic carbocycles. The van der Waals surface area contributed by atoms with Gasteiger partial charge in [0.25, 0.3) is 11.6 Å². The van der Waals surface area contributed by atoms with Crippen molar-refractivity contribution in [2.75, 3.05) is 0 Å². The zero-order valence-corrected chi connectivity index (χ0v) is 14.4. The zero-order valence-electron chi connectivity index (χ0n) is 12.7. The Balaban J connectivity index is 1.78. The number of non-ortho nitro benzene ring substituents is 1. The average molecular weight is 369 g/mol. The minimum absolute atomic E-state index is 0.00263. The van der Waals surface area contributed by atoms with Crippen LogP contribution in [0.5, 0.6) is 0 Å². The highest BCUT2D eigenvalue weighted by atomic mass is 32.2. The Morgan fingerprint density at radius 3 is 2.40 bits per heavy atom. The summed E-state index contributed by atoms with van der Waals surface area (Å²) in [5, 5.41) is 16.0. The molecule has 0 aromatic heterocycles. The predicted molar refractivity (Wildman–Crippen MR) is 102 cm³/mol. The maximum absolute atomic E-state index is 12.4. The second kappa shape index (κ2) is 7.37. The SMILES string of the molecule is O=C1C(=Cc2ccc([N+](=O)[O-])cc2)SC(=S)N1N=Cc1ccccc1. The molecule has 0 bridgehead atoms. The first-order valence-electron chi connectivity index (χ1n) is 7.16. The van der Waals surface area contributed by atoms with Crippen LogP contribution in [0.2, 0.25) is 0 Å². The highest BCUT2D eigenvalue weighted by Crippen LogP contribution is 2.32. The molecule has 124 valence electrons. The number of hydrazone groups is 1. The first-order valence-corrected chi connectivity index (χ1v) is 8.38. The molecule has 0 radical (unpaired) electrons. The van der Waals surface area contributed by atoms with E-state index in [9.17, 15) is 14.9 Å². The van der Waals surface area contributed by atoms with Gasteiger partial charge in [0.1, 0.15) is 0 Å². The predicted octanol–water partition coefficient (Wildman–Crippen LogP) is 3.83. The number of thiocarbonyl (C=S) groups is 1. The number of rotatable bonds is 4. The number of amides is 1. The van der Waals surface area contributed by atoms with Gasteiger partial charge in [0, 0.05) is 12.1 Å². The number of thioether (sulfide) groups is 1. The molecular weight excluding hydrogens is 358 g/mol. The lowest BCUT2D eigenvalue weighted by Gasteiger charge is -2.05. The molecule has 0 saturated carbocycles. The van der Waals surface area contributed by atoms with Crippen LogP contribution in [0.1, 0.15) is 11.1 Å². The minimum Gasteiger partial charge on any atom is -0.266 e. The standard InChI is InChI=1S/C17H11N3O3S2/c21-16-15(10-12-6-8-14(9-7-12)20(22)23)25-17(24)19(16)18-11-13-4-2-1-3-5-13/h1-11H. The van der Waals surface area contributed by atoms with Gasteiger partial charge in [0.15, 0.2) is 4.32 Å². The van der Waals surface area contributed by atoms with Gasteiger partial charge in [-0.05, 0) is 41.6 Å². The van der Waals surface area contributed by atoms with E-state index in [-0.39, 0.29) is 11.6 Å². The third-order valence-corrected chi connectivity index (χ3v) is 4.58. The molecule has 1 aliphatic rings. The van der Waals surface area contributed by atoms with E-state index in [4.69, 9.17) is 12.2 Å². The highest BCUT2D eigenvalue weighted by Gasteiger charge is 2.32. The molecule has 2 aromatic rings. The van der Waals surface area contributed by atoms with Crippen molar-refractivity contribution >= 4 is 52.2 Å². The van der Waals surface area contributed by atoms with Crippen LogP contribution >= 0.6 is 24.0 Å². The molecule has 8 heteroatoms. The zero-order chi connectivity index (χ0) is 17.8. The van der Waals surface area contributed by atoms with E-state index in [1.54, 1.807) is 24.4 Å². The van der Waals surface area contributed by atoms with Crippen LogP contribution in [0, 0.1) is 10.1 Å². The maximum atomic E-state index is 12.4. The number of nitrogens with zero attached hydrogens (tertiary/aromatic N) is 3. The topological polar surface area (TPSA) is 75.8 Å². The Bertz CT molecular complexity index is 893. The van der Waals surface area contributed by atoms with Crippen molar-refractivity contribution in [1.29, 1.82) is 0 Å². The molecule has 6 nitrogen and oxygen atoms in total. The van der Waals surface area contributed by atoms with E-state index in [2.05, 4.69) is 5.10 Å². The maximum Gasteiger partial charge on any atom is 0.286 e. The molecule has 0 N–H and O–H groups in total. The number of nitro groups is 1. The second-order valence-electron chi connectivity index (χ2n) is 5.00. The number of benzene rings is 2. The number of carbonyl (C=O) groups is 1. The molecule has 1 aliphatic heterocycles. The lowest BCUT2D eigenvalue weighted by molar-refractivity contribution is -0.384. The number of carbonyl (C=O) groups excluding carboxylic acids is 1. The van der Waals surface area contributed by atoms with E-state index < -0.39 is 4.92 Å². The van der Waals surface area contributed by atoms with Crippen LogP contribution in [0.3, 0.4) is 0 Å². The lowest BCUT2D eigenvalue weighted by atomic mass is 10.2. The number of nitro benzene ring substituents is 1. The van der Waals surface area contributed by atoms with Crippen molar-refractivity contribution in [2.45, 2.75) is 0 Å². The van der Waals surface area contributed by atoms with Crippen molar-refractivity contribution in [3.05, 3.63) is 80.7 Å². The summed E-state index contributed by atoms with van der Waals surface area (Å²) in [7, 11) is 0. The fraction of sp³-hybridized carbons (Fsp3) is 0. The minimum atomic E-state index is -0.471. The Labute approximate surface area is 153 Å². The highest BCUT2D eigenvalue weighted by molar-refractivity contribution is 8.26. The van der Waals surface area contributed by atoms with Crippen LogP contribution in [-0.4, -0.2) is 26.4 Å². The first kappa shape index (κ1) is 17.0. The summed E-state index contributed by atoms with van der Waals surface area (Å²) in [5.41, 5.74) is 1.53. The average Bonchev–Trinajstić information content (AvgIpc) is 2.88. The van der Waals surface area contributed by atoms with Crippen LogP contribution in [0.4, 0.5) is 5.69 Å². The molecule has 0 atom stereocenters. The molecule has 3 rings (SSSR count). The summed E-state index contributed by atoms with van der Waals surface area (Å²) in [6.07, 6.45) is 3.21. The Morgan fingerprint density at radius 1 is 1.08 bits per heavy atom. The quantitative estimate of drug-likeness (QED) is 0.269. The van der Waals surface area contributed by atoms with Crippen LogP contribution in [0.25, 0.3) is 6.08 Å². The van der Waals surface area contributed by atoms with Crippen molar-refractivity contribution in [2.24, 2.45) is 5.10 Å². The van der Waals surface area contributed by atoms with E-state index >= 15 is 0 Å².